The molecule has 0 saturated carbocycles. The standard InChI is InChI=1S/C16H19N3O4/c1-9-11(15(21)22)4-3-7-19(9)14(20)10-5-6-12-13(8-10)18(2)16(23)17-12/h5-6,8-9,11H,3-4,7H2,1-2H3,(H,17,23)(H,21,22)/t9-,11-/m1/s1. The van der Waals surface area contributed by atoms with E-state index in [0.29, 0.717) is 36.0 Å². The maximum Gasteiger partial charge on any atom is 0.326 e. The zero-order valence-corrected chi connectivity index (χ0v) is 13.1. The third kappa shape index (κ3) is 2.52. The molecule has 1 aliphatic heterocycles. The molecule has 2 heterocycles. The lowest BCUT2D eigenvalue weighted by atomic mass is 9.90. The smallest absolute Gasteiger partial charge is 0.326 e. The SMILES string of the molecule is C[C@@H]1[C@H](C(=O)O)CCCN1C(=O)c1ccc2[nH]c(=O)n(C)c2c1. The van der Waals surface area contributed by atoms with Crippen molar-refractivity contribution in [3.8, 4) is 0 Å². The topological polar surface area (TPSA) is 95.4 Å². The second-order valence-corrected chi connectivity index (χ2v) is 6.05. The van der Waals surface area contributed by atoms with E-state index in [1.807, 2.05) is 0 Å². The molecule has 23 heavy (non-hydrogen) atoms. The maximum absolute atomic E-state index is 12.8. The number of aliphatic carboxylic acids is 1. The number of carbonyl (C=O) groups excluding carboxylic acids is 1. The molecule has 2 atom stereocenters. The fraction of sp³-hybridized carbons (Fsp3) is 0.438. The number of aromatic nitrogens is 2. The monoisotopic (exact) mass is 317 g/mol. The zero-order valence-electron chi connectivity index (χ0n) is 13.1. The van der Waals surface area contributed by atoms with Gasteiger partial charge in [-0.2, -0.15) is 0 Å². The molecule has 0 aliphatic carbocycles. The van der Waals surface area contributed by atoms with Gasteiger partial charge >= 0.3 is 11.7 Å². The summed E-state index contributed by atoms with van der Waals surface area (Å²) in [5.41, 5.74) is 1.55. The van der Waals surface area contributed by atoms with Gasteiger partial charge in [-0.05, 0) is 38.0 Å². The molecule has 1 fully saturated rings. The Morgan fingerprint density at radius 2 is 2.09 bits per heavy atom. The Kier molecular flexibility index (Phi) is 3.71. The van der Waals surface area contributed by atoms with E-state index in [2.05, 4.69) is 4.98 Å². The van der Waals surface area contributed by atoms with Gasteiger partial charge in [0, 0.05) is 25.2 Å². The van der Waals surface area contributed by atoms with Crippen LogP contribution in [0.15, 0.2) is 23.0 Å². The van der Waals surface area contributed by atoms with Crippen LogP contribution >= 0.6 is 0 Å². The van der Waals surface area contributed by atoms with Crippen LogP contribution in [-0.2, 0) is 11.8 Å². The molecule has 3 rings (SSSR count). The maximum atomic E-state index is 12.8. The second kappa shape index (κ2) is 5.57. The van der Waals surface area contributed by atoms with Gasteiger partial charge in [-0.1, -0.05) is 0 Å². The van der Waals surface area contributed by atoms with E-state index in [0.717, 1.165) is 0 Å². The number of amides is 1. The number of nitrogens with zero attached hydrogens (tertiary/aromatic N) is 2. The van der Waals surface area contributed by atoms with E-state index >= 15 is 0 Å². The highest BCUT2D eigenvalue weighted by molar-refractivity contribution is 5.98. The summed E-state index contributed by atoms with van der Waals surface area (Å²) in [5, 5.41) is 9.28. The number of carboxylic acids is 1. The number of fused-ring (bicyclic) bond motifs is 1. The van der Waals surface area contributed by atoms with Gasteiger partial charge in [-0.3, -0.25) is 14.2 Å². The van der Waals surface area contributed by atoms with Crippen LogP contribution in [0.3, 0.4) is 0 Å². The Labute approximate surface area is 132 Å². The number of piperidine rings is 1. The molecule has 1 aromatic carbocycles. The second-order valence-electron chi connectivity index (χ2n) is 6.05. The molecular weight excluding hydrogens is 298 g/mol. The van der Waals surface area contributed by atoms with Crippen molar-refractivity contribution in [1.82, 2.24) is 14.5 Å². The Balaban J connectivity index is 1.94. The van der Waals surface area contributed by atoms with Crippen molar-refractivity contribution in [1.29, 1.82) is 0 Å². The van der Waals surface area contributed by atoms with Gasteiger partial charge in [0.1, 0.15) is 0 Å². The Hall–Kier alpha value is -2.57. The molecule has 1 aromatic heterocycles. The summed E-state index contributed by atoms with van der Waals surface area (Å²) >= 11 is 0. The highest BCUT2D eigenvalue weighted by Gasteiger charge is 2.35. The summed E-state index contributed by atoms with van der Waals surface area (Å²) in [6, 6.07) is 4.69. The first kappa shape index (κ1) is 15.3. The molecular formula is C16H19N3O4. The molecule has 0 unspecified atom stereocenters. The number of rotatable bonds is 2. The van der Waals surface area contributed by atoms with Gasteiger partial charge in [0.2, 0.25) is 0 Å². The number of benzene rings is 1. The van der Waals surface area contributed by atoms with Gasteiger partial charge in [-0.25, -0.2) is 4.79 Å². The average Bonchev–Trinajstić information content (AvgIpc) is 2.81. The highest BCUT2D eigenvalue weighted by atomic mass is 16.4. The molecule has 1 aliphatic rings. The number of nitrogens with one attached hydrogen (secondary N) is 1. The van der Waals surface area contributed by atoms with Gasteiger partial charge in [0.15, 0.2) is 0 Å². The fourth-order valence-electron chi connectivity index (χ4n) is 3.28. The predicted molar refractivity (Wildman–Crippen MR) is 84.4 cm³/mol. The summed E-state index contributed by atoms with van der Waals surface area (Å²) in [6.07, 6.45) is 1.27. The van der Waals surface area contributed by atoms with Crippen molar-refractivity contribution >= 4 is 22.9 Å². The van der Waals surface area contributed by atoms with Crippen LogP contribution in [0.25, 0.3) is 11.0 Å². The van der Waals surface area contributed by atoms with E-state index in [1.165, 1.54) is 4.57 Å². The first-order valence-electron chi connectivity index (χ1n) is 7.62. The molecule has 2 N–H and O–H groups in total. The lowest BCUT2D eigenvalue weighted by molar-refractivity contribution is -0.144. The average molecular weight is 317 g/mol. The van der Waals surface area contributed by atoms with E-state index in [9.17, 15) is 19.5 Å². The number of hydrogen-bond donors (Lipinski definition) is 2. The van der Waals surface area contributed by atoms with Gasteiger partial charge < -0.3 is 15.0 Å². The van der Waals surface area contributed by atoms with Crippen LogP contribution in [0.5, 0.6) is 0 Å². The van der Waals surface area contributed by atoms with Crippen LogP contribution in [0.4, 0.5) is 0 Å². The fourth-order valence-corrected chi connectivity index (χ4v) is 3.28. The van der Waals surface area contributed by atoms with Gasteiger partial charge in [0.25, 0.3) is 5.91 Å². The largest absolute Gasteiger partial charge is 0.481 e. The number of H-pyrrole nitrogens is 1. The molecule has 0 bridgehead atoms. The minimum Gasteiger partial charge on any atom is -0.481 e. The summed E-state index contributed by atoms with van der Waals surface area (Å²) in [6.45, 7) is 2.33. The summed E-state index contributed by atoms with van der Waals surface area (Å²) in [7, 11) is 1.64. The number of carbonyl (C=O) groups is 2. The number of likely N-dealkylation sites (tertiary alicyclic amines) is 1. The van der Waals surface area contributed by atoms with Gasteiger partial charge in [0.05, 0.1) is 17.0 Å². The molecule has 0 radical (unpaired) electrons. The minimum absolute atomic E-state index is 0.195. The summed E-state index contributed by atoms with van der Waals surface area (Å²) in [4.78, 5) is 40.1. The Bertz CT molecular complexity index is 835. The van der Waals surface area contributed by atoms with Crippen molar-refractivity contribution in [2.45, 2.75) is 25.8 Å². The third-order valence-electron chi connectivity index (χ3n) is 4.72. The Morgan fingerprint density at radius 1 is 1.35 bits per heavy atom. The molecule has 7 heteroatoms. The predicted octanol–water partition coefficient (Wildman–Crippen LogP) is 1.19. The van der Waals surface area contributed by atoms with E-state index in [4.69, 9.17) is 0 Å². The number of imidazole rings is 1. The lowest BCUT2D eigenvalue weighted by Gasteiger charge is -2.37. The minimum atomic E-state index is -0.863. The Morgan fingerprint density at radius 3 is 2.78 bits per heavy atom. The number of carboxylic acid groups (broad SMARTS) is 1. The molecule has 7 nitrogen and oxygen atoms in total. The van der Waals surface area contributed by atoms with Crippen molar-refractivity contribution in [3.63, 3.8) is 0 Å². The normalized spacial score (nSPS) is 21.6. The van der Waals surface area contributed by atoms with Crippen LogP contribution in [0.1, 0.15) is 30.1 Å². The quantitative estimate of drug-likeness (QED) is 0.870. The van der Waals surface area contributed by atoms with E-state index in [-0.39, 0.29) is 17.6 Å². The molecule has 1 saturated heterocycles. The van der Waals surface area contributed by atoms with Crippen LogP contribution in [0.2, 0.25) is 0 Å². The lowest BCUT2D eigenvalue weighted by Crippen LogP contribution is -2.49. The van der Waals surface area contributed by atoms with Crippen molar-refractivity contribution in [2.24, 2.45) is 13.0 Å². The van der Waals surface area contributed by atoms with Crippen LogP contribution < -0.4 is 5.69 Å². The molecule has 2 aromatic rings. The number of aromatic amines is 1. The summed E-state index contributed by atoms with van der Waals surface area (Å²) < 4.78 is 1.45. The van der Waals surface area contributed by atoms with Crippen LogP contribution in [0, 0.1) is 5.92 Å². The first-order valence-corrected chi connectivity index (χ1v) is 7.62. The van der Waals surface area contributed by atoms with Crippen molar-refractivity contribution in [2.75, 3.05) is 6.54 Å². The van der Waals surface area contributed by atoms with Crippen molar-refractivity contribution in [3.05, 3.63) is 34.2 Å². The van der Waals surface area contributed by atoms with Gasteiger partial charge in [-0.15, -0.1) is 0 Å². The summed E-state index contributed by atoms with van der Waals surface area (Å²) in [5.74, 6) is -1.59. The van der Waals surface area contributed by atoms with Crippen molar-refractivity contribution < 1.29 is 14.7 Å². The van der Waals surface area contributed by atoms with Crippen LogP contribution in [-0.4, -0.2) is 44.0 Å². The van der Waals surface area contributed by atoms with E-state index < -0.39 is 11.9 Å². The molecule has 122 valence electrons. The number of aryl methyl sites for hydroxylation is 1. The molecule has 0 spiro atoms. The first-order chi connectivity index (χ1) is 10.9. The molecule has 1 amide bonds. The zero-order chi connectivity index (χ0) is 16.7. The number of hydrogen-bond acceptors (Lipinski definition) is 3. The third-order valence-corrected chi connectivity index (χ3v) is 4.72. The van der Waals surface area contributed by atoms with E-state index in [1.54, 1.807) is 37.1 Å². The highest BCUT2D eigenvalue weighted by Crippen LogP contribution is 2.26.